The smallest absolute Gasteiger partial charge is 0.130 e. The van der Waals surface area contributed by atoms with E-state index in [-0.39, 0.29) is 0 Å². The van der Waals surface area contributed by atoms with Crippen LogP contribution in [0.3, 0.4) is 0 Å². The van der Waals surface area contributed by atoms with Gasteiger partial charge in [0.25, 0.3) is 0 Å². The summed E-state index contributed by atoms with van der Waals surface area (Å²) in [6, 6.07) is 28.2. The Morgan fingerprint density at radius 2 is 0.867 bits per heavy atom. The highest BCUT2D eigenvalue weighted by Crippen LogP contribution is 2.31. The molecule has 0 saturated carbocycles. The van der Waals surface area contributed by atoms with E-state index in [1.165, 1.54) is 0 Å². The van der Waals surface area contributed by atoms with E-state index in [0.29, 0.717) is 0 Å². The Kier molecular flexibility index (Phi) is 6.26. The summed E-state index contributed by atoms with van der Waals surface area (Å²) in [6.07, 6.45) is 0. The number of hydrogen-bond acceptors (Lipinski definition) is 2. The van der Waals surface area contributed by atoms with E-state index >= 15 is 0 Å². The van der Waals surface area contributed by atoms with Gasteiger partial charge in [0, 0.05) is 8.95 Å². The number of benzene rings is 4. The van der Waals surface area contributed by atoms with E-state index in [9.17, 15) is 0 Å². The van der Waals surface area contributed by atoms with Crippen molar-refractivity contribution in [1.82, 2.24) is 0 Å². The van der Waals surface area contributed by atoms with E-state index in [1.807, 2.05) is 74.5 Å². The van der Waals surface area contributed by atoms with Crippen LogP contribution in [-0.2, 0) is 0 Å². The summed E-state index contributed by atoms with van der Waals surface area (Å²) in [5.74, 6) is 3.34. The molecule has 4 aromatic rings. The largest absolute Gasteiger partial charge is 0.457 e. The minimum atomic E-state index is 0.815. The van der Waals surface area contributed by atoms with E-state index in [0.717, 1.165) is 54.2 Å². The third kappa shape index (κ3) is 4.94. The van der Waals surface area contributed by atoms with Crippen LogP contribution < -0.4 is 9.47 Å². The molecule has 0 aliphatic carbocycles. The second-order valence-electron chi connectivity index (χ2n) is 7.07. The molecule has 0 amide bonds. The lowest BCUT2D eigenvalue weighted by Gasteiger charge is -2.11. The minimum absolute atomic E-state index is 0.815. The lowest BCUT2D eigenvalue weighted by molar-refractivity contribution is 0.478. The molecule has 4 aromatic carbocycles. The SMILES string of the molecule is Cc1cc(Br)ccc1Oc1ccc(-c2ccc(Oc3ccc(Br)cc3C)cc2)cc1. The Bertz CT molecular complexity index is 1070. The maximum Gasteiger partial charge on any atom is 0.130 e. The molecule has 0 radical (unpaired) electrons. The quantitative estimate of drug-likeness (QED) is 0.259. The van der Waals surface area contributed by atoms with Gasteiger partial charge in [-0.15, -0.1) is 0 Å². The predicted octanol–water partition coefficient (Wildman–Crippen LogP) is 9.08. The van der Waals surface area contributed by atoms with Crippen molar-refractivity contribution in [2.24, 2.45) is 0 Å². The van der Waals surface area contributed by atoms with Crippen LogP contribution in [0.25, 0.3) is 11.1 Å². The van der Waals surface area contributed by atoms with Gasteiger partial charge in [-0.05, 0) is 96.8 Å². The Morgan fingerprint density at radius 1 is 0.500 bits per heavy atom. The number of halogens is 2. The zero-order valence-corrected chi connectivity index (χ0v) is 19.8. The van der Waals surface area contributed by atoms with Crippen LogP contribution in [0.2, 0.25) is 0 Å². The average Bonchev–Trinajstić information content (AvgIpc) is 2.73. The van der Waals surface area contributed by atoms with Crippen LogP contribution in [0.1, 0.15) is 11.1 Å². The van der Waals surface area contributed by atoms with Crippen LogP contribution in [-0.4, -0.2) is 0 Å². The molecule has 0 aromatic heterocycles. The van der Waals surface area contributed by atoms with E-state index in [4.69, 9.17) is 9.47 Å². The second kappa shape index (κ2) is 9.07. The zero-order chi connectivity index (χ0) is 21.1. The normalized spacial score (nSPS) is 10.7. The molecule has 30 heavy (non-hydrogen) atoms. The molecule has 0 saturated heterocycles. The standard InChI is InChI=1S/C26H20Br2O2/c1-17-15-21(27)7-13-25(17)29-23-9-3-19(4-10-23)20-5-11-24(12-6-20)30-26-14-8-22(28)16-18(26)2/h3-16H,1-2H3. The highest BCUT2D eigenvalue weighted by molar-refractivity contribution is 9.10. The molecule has 150 valence electrons. The maximum atomic E-state index is 6.02. The number of aryl methyl sites for hydroxylation is 2. The predicted molar refractivity (Wildman–Crippen MR) is 130 cm³/mol. The van der Waals surface area contributed by atoms with Gasteiger partial charge in [0.15, 0.2) is 0 Å². The van der Waals surface area contributed by atoms with Gasteiger partial charge in [0.05, 0.1) is 0 Å². The lowest BCUT2D eigenvalue weighted by Crippen LogP contribution is -1.89. The highest BCUT2D eigenvalue weighted by Gasteiger charge is 2.05. The minimum Gasteiger partial charge on any atom is -0.457 e. The topological polar surface area (TPSA) is 18.5 Å². The van der Waals surface area contributed by atoms with E-state index in [1.54, 1.807) is 0 Å². The number of rotatable bonds is 5. The Hall–Kier alpha value is -2.56. The highest BCUT2D eigenvalue weighted by atomic mass is 79.9. The first-order valence-corrected chi connectivity index (χ1v) is 11.1. The van der Waals surface area contributed by atoms with Gasteiger partial charge in [0.2, 0.25) is 0 Å². The summed E-state index contributed by atoms with van der Waals surface area (Å²) in [7, 11) is 0. The fourth-order valence-electron chi connectivity index (χ4n) is 3.14. The summed E-state index contributed by atoms with van der Waals surface area (Å²) in [5, 5.41) is 0. The van der Waals surface area contributed by atoms with Gasteiger partial charge in [-0.25, -0.2) is 0 Å². The van der Waals surface area contributed by atoms with Crippen molar-refractivity contribution in [3.05, 3.63) is 105 Å². The molecule has 2 nitrogen and oxygen atoms in total. The second-order valence-corrected chi connectivity index (χ2v) is 8.90. The van der Waals surface area contributed by atoms with Crippen LogP contribution >= 0.6 is 31.9 Å². The third-order valence-corrected chi connectivity index (χ3v) is 5.76. The van der Waals surface area contributed by atoms with Gasteiger partial charge < -0.3 is 9.47 Å². The Labute approximate surface area is 193 Å². The van der Waals surface area contributed by atoms with Crippen molar-refractivity contribution in [2.45, 2.75) is 13.8 Å². The maximum absolute atomic E-state index is 6.02. The van der Waals surface area contributed by atoms with Crippen LogP contribution in [0.4, 0.5) is 0 Å². The van der Waals surface area contributed by atoms with Gasteiger partial charge >= 0.3 is 0 Å². The van der Waals surface area contributed by atoms with Crippen molar-refractivity contribution in [1.29, 1.82) is 0 Å². The molecule has 4 rings (SSSR count). The molecule has 0 aliphatic heterocycles. The van der Waals surface area contributed by atoms with Crippen LogP contribution in [0.15, 0.2) is 93.9 Å². The summed E-state index contributed by atoms with van der Waals surface area (Å²) >= 11 is 6.96. The average molecular weight is 524 g/mol. The molecule has 0 atom stereocenters. The molecular weight excluding hydrogens is 504 g/mol. The van der Waals surface area contributed by atoms with Crippen molar-refractivity contribution >= 4 is 31.9 Å². The first-order valence-electron chi connectivity index (χ1n) is 9.56. The molecule has 0 bridgehead atoms. The van der Waals surface area contributed by atoms with E-state index in [2.05, 4.69) is 56.1 Å². The van der Waals surface area contributed by atoms with Crippen molar-refractivity contribution in [3.63, 3.8) is 0 Å². The molecule has 0 spiro atoms. The molecule has 0 N–H and O–H groups in total. The summed E-state index contributed by atoms with van der Waals surface area (Å²) in [6.45, 7) is 4.07. The van der Waals surface area contributed by atoms with Crippen molar-refractivity contribution in [3.8, 4) is 34.1 Å². The summed E-state index contributed by atoms with van der Waals surface area (Å²) < 4.78 is 14.1. The van der Waals surface area contributed by atoms with E-state index < -0.39 is 0 Å². The molecule has 0 aliphatic rings. The third-order valence-electron chi connectivity index (χ3n) is 4.77. The summed E-state index contributed by atoms with van der Waals surface area (Å²) in [5.41, 5.74) is 4.43. The van der Waals surface area contributed by atoms with Gasteiger partial charge in [-0.1, -0.05) is 56.1 Å². The first-order chi connectivity index (χ1) is 14.5. The van der Waals surface area contributed by atoms with Gasteiger partial charge in [0.1, 0.15) is 23.0 Å². The van der Waals surface area contributed by atoms with Crippen LogP contribution in [0, 0.1) is 13.8 Å². The fraction of sp³-hybridized carbons (Fsp3) is 0.0769. The van der Waals surface area contributed by atoms with Crippen LogP contribution in [0.5, 0.6) is 23.0 Å². The molecule has 4 heteroatoms. The Morgan fingerprint density at radius 3 is 1.20 bits per heavy atom. The molecular formula is C26H20Br2O2. The monoisotopic (exact) mass is 522 g/mol. The zero-order valence-electron chi connectivity index (χ0n) is 16.7. The van der Waals surface area contributed by atoms with Gasteiger partial charge in [-0.2, -0.15) is 0 Å². The van der Waals surface area contributed by atoms with Crippen molar-refractivity contribution < 1.29 is 9.47 Å². The van der Waals surface area contributed by atoms with Crippen molar-refractivity contribution in [2.75, 3.05) is 0 Å². The molecule has 0 unspecified atom stereocenters. The fourth-order valence-corrected chi connectivity index (χ4v) is 4.09. The first kappa shape index (κ1) is 20.7. The summed E-state index contributed by atoms with van der Waals surface area (Å²) in [4.78, 5) is 0. The Balaban J connectivity index is 1.46. The number of hydrogen-bond donors (Lipinski definition) is 0. The lowest BCUT2D eigenvalue weighted by atomic mass is 10.1. The molecule has 0 heterocycles. The van der Waals surface area contributed by atoms with Gasteiger partial charge in [-0.3, -0.25) is 0 Å². The molecule has 0 fully saturated rings. The number of ether oxygens (including phenoxy) is 2.